The Bertz CT molecular complexity index is 1080. The third kappa shape index (κ3) is 3.11. The molecule has 0 saturated carbocycles. The van der Waals surface area contributed by atoms with Crippen LogP contribution in [0.25, 0.3) is 0 Å². The fraction of sp³-hybridized carbons (Fsp3) is 0.150. The number of aliphatic hydroxyl groups is 1. The Morgan fingerprint density at radius 1 is 1.21 bits per heavy atom. The predicted molar refractivity (Wildman–Crippen MR) is 114 cm³/mol. The van der Waals surface area contributed by atoms with Gasteiger partial charge in [0.2, 0.25) is 5.78 Å². The van der Waals surface area contributed by atoms with Crippen LogP contribution >= 0.6 is 38.6 Å². The van der Waals surface area contributed by atoms with Gasteiger partial charge in [0.15, 0.2) is 10.9 Å². The van der Waals surface area contributed by atoms with E-state index in [-0.39, 0.29) is 11.4 Å². The van der Waals surface area contributed by atoms with Crippen LogP contribution in [0, 0.1) is 13.8 Å². The highest BCUT2D eigenvalue weighted by molar-refractivity contribution is 9.10. The Morgan fingerprint density at radius 3 is 2.50 bits per heavy atom. The molecule has 28 heavy (non-hydrogen) atoms. The molecule has 0 spiro atoms. The van der Waals surface area contributed by atoms with E-state index in [0.717, 1.165) is 20.6 Å². The number of carbonyl (C=O) groups excluding carboxylic acids is 2. The van der Waals surface area contributed by atoms with Crippen LogP contribution in [0.1, 0.15) is 31.8 Å². The number of thiazole rings is 1. The van der Waals surface area contributed by atoms with Crippen molar-refractivity contribution in [2.75, 3.05) is 4.90 Å². The zero-order chi connectivity index (χ0) is 20.0. The maximum Gasteiger partial charge on any atom is 0.296 e. The number of rotatable bonds is 4. The van der Waals surface area contributed by atoms with Crippen LogP contribution in [0.4, 0.5) is 5.13 Å². The molecule has 1 atom stereocenters. The number of hydrogen-bond donors (Lipinski definition) is 1. The standard InChI is InChI=1S/C20H15BrN2O3S2/c1-10-11(2)28-20(22-10)23-16(12-5-7-13(21)8-6-12)15(18(25)19(23)26)17(24)14-4-3-9-27-14/h3-9,16,25H,1-2H3/t16-/m1/s1. The Labute approximate surface area is 178 Å². The second-order valence-electron chi connectivity index (χ2n) is 6.34. The van der Waals surface area contributed by atoms with Gasteiger partial charge in [-0.2, -0.15) is 0 Å². The van der Waals surface area contributed by atoms with E-state index in [2.05, 4.69) is 20.9 Å². The number of hydrogen-bond acceptors (Lipinski definition) is 6. The molecule has 1 aromatic carbocycles. The number of amides is 1. The van der Waals surface area contributed by atoms with Crippen molar-refractivity contribution in [2.45, 2.75) is 19.9 Å². The number of halogens is 1. The Hall–Kier alpha value is -2.29. The van der Waals surface area contributed by atoms with Gasteiger partial charge in [-0.05, 0) is 43.0 Å². The minimum absolute atomic E-state index is 0.0836. The first kappa shape index (κ1) is 19.0. The van der Waals surface area contributed by atoms with Gasteiger partial charge in [0.05, 0.1) is 22.2 Å². The van der Waals surface area contributed by atoms with Crippen LogP contribution in [0.3, 0.4) is 0 Å². The van der Waals surface area contributed by atoms with Crippen molar-refractivity contribution in [3.8, 4) is 0 Å². The average molecular weight is 475 g/mol. The first-order chi connectivity index (χ1) is 13.4. The van der Waals surface area contributed by atoms with E-state index in [1.165, 1.54) is 27.6 Å². The van der Waals surface area contributed by atoms with Gasteiger partial charge in [0.25, 0.3) is 5.91 Å². The molecule has 0 saturated heterocycles. The molecular weight excluding hydrogens is 460 g/mol. The average Bonchev–Trinajstić information content (AvgIpc) is 3.37. The number of benzene rings is 1. The van der Waals surface area contributed by atoms with Crippen LogP contribution < -0.4 is 4.90 Å². The summed E-state index contributed by atoms with van der Waals surface area (Å²) in [4.78, 5) is 33.5. The molecule has 0 fully saturated rings. The van der Waals surface area contributed by atoms with Crippen molar-refractivity contribution in [1.29, 1.82) is 0 Å². The summed E-state index contributed by atoms with van der Waals surface area (Å²) in [7, 11) is 0. The summed E-state index contributed by atoms with van der Waals surface area (Å²) in [6.45, 7) is 3.80. The topological polar surface area (TPSA) is 70.5 Å². The summed E-state index contributed by atoms with van der Waals surface area (Å²) in [6, 6.07) is 10.1. The van der Waals surface area contributed by atoms with E-state index >= 15 is 0 Å². The van der Waals surface area contributed by atoms with Gasteiger partial charge in [0, 0.05) is 9.35 Å². The maximum absolute atomic E-state index is 13.2. The molecule has 0 radical (unpaired) electrons. The lowest BCUT2D eigenvalue weighted by Crippen LogP contribution is -2.30. The van der Waals surface area contributed by atoms with E-state index < -0.39 is 17.7 Å². The highest BCUT2D eigenvalue weighted by Gasteiger charge is 2.46. The van der Waals surface area contributed by atoms with Gasteiger partial charge >= 0.3 is 0 Å². The Kier molecular flexibility index (Phi) is 4.95. The monoisotopic (exact) mass is 474 g/mol. The van der Waals surface area contributed by atoms with Crippen molar-refractivity contribution in [1.82, 2.24) is 4.98 Å². The molecular formula is C20H15BrN2O3S2. The number of nitrogens with zero attached hydrogens (tertiary/aromatic N) is 2. The minimum Gasteiger partial charge on any atom is -0.503 e. The third-order valence-electron chi connectivity index (χ3n) is 4.61. The lowest BCUT2D eigenvalue weighted by Gasteiger charge is -2.24. The summed E-state index contributed by atoms with van der Waals surface area (Å²) in [5.74, 6) is -1.47. The van der Waals surface area contributed by atoms with Gasteiger partial charge in [-0.15, -0.1) is 22.7 Å². The lowest BCUT2D eigenvalue weighted by atomic mass is 9.96. The maximum atomic E-state index is 13.2. The van der Waals surface area contributed by atoms with Gasteiger partial charge in [-0.25, -0.2) is 4.98 Å². The van der Waals surface area contributed by atoms with Crippen LogP contribution in [0.15, 0.2) is 57.6 Å². The fourth-order valence-electron chi connectivity index (χ4n) is 3.09. The molecule has 2 aromatic heterocycles. The molecule has 1 N–H and O–H groups in total. The molecule has 3 aromatic rings. The number of aliphatic hydroxyl groups excluding tert-OH is 1. The Morgan fingerprint density at radius 2 is 1.93 bits per heavy atom. The van der Waals surface area contributed by atoms with Crippen molar-refractivity contribution >= 4 is 55.4 Å². The van der Waals surface area contributed by atoms with Gasteiger partial charge < -0.3 is 5.11 Å². The molecule has 1 aliphatic heterocycles. The summed E-state index contributed by atoms with van der Waals surface area (Å²) < 4.78 is 0.882. The van der Waals surface area contributed by atoms with E-state index in [1.807, 2.05) is 38.1 Å². The number of thiophene rings is 1. The second-order valence-corrected chi connectivity index (χ2v) is 9.38. The zero-order valence-corrected chi connectivity index (χ0v) is 18.2. The van der Waals surface area contributed by atoms with Gasteiger partial charge in [0.1, 0.15) is 0 Å². The smallest absolute Gasteiger partial charge is 0.296 e. The molecule has 8 heteroatoms. The third-order valence-corrected chi connectivity index (χ3v) is 7.08. The lowest BCUT2D eigenvalue weighted by molar-refractivity contribution is -0.117. The number of ketones is 1. The van der Waals surface area contributed by atoms with Crippen LogP contribution in [0.5, 0.6) is 0 Å². The van der Waals surface area contributed by atoms with E-state index in [0.29, 0.717) is 10.0 Å². The number of aromatic nitrogens is 1. The summed E-state index contributed by atoms with van der Waals surface area (Å²) in [5.41, 5.74) is 1.63. The number of carbonyl (C=O) groups is 2. The summed E-state index contributed by atoms with van der Waals surface area (Å²) >= 11 is 6.06. The molecule has 4 rings (SSSR count). The van der Waals surface area contributed by atoms with E-state index in [1.54, 1.807) is 17.5 Å². The van der Waals surface area contributed by atoms with Crippen molar-refractivity contribution in [2.24, 2.45) is 0 Å². The number of anilines is 1. The van der Waals surface area contributed by atoms with Crippen molar-refractivity contribution < 1.29 is 14.7 Å². The van der Waals surface area contributed by atoms with Crippen LogP contribution in [-0.4, -0.2) is 21.8 Å². The zero-order valence-electron chi connectivity index (χ0n) is 15.0. The largest absolute Gasteiger partial charge is 0.503 e. The van der Waals surface area contributed by atoms with E-state index in [9.17, 15) is 14.7 Å². The van der Waals surface area contributed by atoms with Crippen molar-refractivity contribution in [3.63, 3.8) is 0 Å². The predicted octanol–water partition coefficient (Wildman–Crippen LogP) is 5.37. The van der Waals surface area contributed by atoms with Gasteiger partial charge in [-0.1, -0.05) is 34.1 Å². The molecule has 142 valence electrons. The van der Waals surface area contributed by atoms with Crippen LogP contribution in [-0.2, 0) is 4.79 Å². The summed E-state index contributed by atoms with van der Waals surface area (Å²) in [5, 5.41) is 12.9. The summed E-state index contributed by atoms with van der Waals surface area (Å²) in [6.07, 6.45) is 0. The number of aryl methyl sites for hydroxylation is 2. The molecule has 5 nitrogen and oxygen atoms in total. The van der Waals surface area contributed by atoms with Crippen LogP contribution in [0.2, 0.25) is 0 Å². The second kappa shape index (κ2) is 7.27. The molecule has 0 aliphatic carbocycles. The minimum atomic E-state index is -0.736. The normalized spacial score (nSPS) is 16.9. The van der Waals surface area contributed by atoms with Gasteiger partial charge in [-0.3, -0.25) is 14.5 Å². The first-order valence-corrected chi connectivity index (χ1v) is 10.9. The van der Waals surface area contributed by atoms with E-state index in [4.69, 9.17) is 0 Å². The molecule has 0 bridgehead atoms. The highest BCUT2D eigenvalue weighted by atomic mass is 79.9. The SMILES string of the molecule is Cc1nc(N2C(=O)C(O)=C(C(=O)c3cccs3)[C@H]2c2ccc(Br)cc2)sc1C. The first-order valence-electron chi connectivity index (χ1n) is 8.43. The highest BCUT2D eigenvalue weighted by Crippen LogP contribution is 2.44. The molecule has 1 amide bonds. The number of Topliss-reactive ketones (excluding diaryl/α,β-unsaturated/α-hetero) is 1. The van der Waals surface area contributed by atoms with Crippen molar-refractivity contribution in [3.05, 3.63) is 78.6 Å². The molecule has 3 heterocycles. The molecule has 0 unspecified atom stereocenters. The fourth-order valence-corrected chi connectivity index (χ4v) is 4.97. The molecule has 1 aliphatic rings. The Balaban J connectivity index is 1.89. The quantitative estimate of drug-likeness (QED) is 0.516.